The van der Waals surface area contributed by atoms with Gasteiger partial charge < -0.3 is 26.2 Å². The van der Waals surface area contributed by atoms with Gasteiger partial charge in [-0.25, -0.2) is 0 Å². The Balaban J connectivity index is 3.03. The van der Waals surface area contributed by atoms with Crippen molar-refractivity contribution in [1.82, 2.24) is 0 Å². The number of benzene rings is 1. The van der Waals surface area contributed by atoms with Gasteiger partial charge in [0.05, 0.1) is 6.42 Å². The first-order valence-electron chi connectivity index (χ1n) is 4.14. The van der Waals surface area contributed by atoms with Crippen molar-refractivity contribution >= 4 is 5.97 Å². The topological polar surface area (TPSA) is 124 Å². The minimum Gasteiger partial charge on any atom is -0.507 e. The Bertz CT molecular complexity index is 390. The Morgan fingerprint density at radius 1 is 1.20 bits per heavy atom. The minimum atomic E-state index is -1.12. The van der Waals surface area contributed by atoms with Crippen molar-refractivity contribution in [2.24, 2.45) is 5.73 Å². The normalized spacial score (nSPS) is 12.3. The fourth-order valence-corrected chi connectivity index (χ4v) is 1.18. The number of hydrogen-bond donors (Lipinski definition) is 5. The van der Waals surface area contributed by atoms with E-state index in [2.05, 4.69) is 0 Å². The van der Waals surface area contributed by atoms with E-state index in [9.17, 15) is 9.90 Å². The van der Waals surface area contributed by atoms with Gasteiger partial charge in [0.2, 0.25) is 0 Å². The second-order valence-corrected chi connectivity index (χ2v) is 3.10. The van der Waals surface area contributed by atoms with E-state index < -0.39 is 23.5 Å². The number of nitrogens with two attached hydrogens (primary N) is 1. The summed E-state index contributed by atoms with van der Waals surface area (Å²) >= 11 is 0. The van der Waals surface area contributed by atoms with Gasteiger partial charge in [0.1, 0.15) is 5.75 Å². The molecule has 0 fully saturated rings. The lowest BCUT2D eigenvalue weighted by molar-refractivity contribution is -0.137. The second-order valence-electron chi connectivity index (χ2n) is 3.10. The number of carbonyl (C=O) groups is 1. The molecule has 0 aliphatic carbocycles. The Hall–Kier alpha value is -1.95. The number of aromatic hydroxyl groups is 3. The first-order valence-corrected chi connectivity index (χ1v) is 4.14. The van der Waals surface area contributed by atoms with Gasteiger partial charge >= 0.3 is 5.97 Å². The molecule has 0 amide bonds. The van der Waals surface area contributed by atoms with Gasteiger partial charge in [0.25, 0.3) is 0 Å². The number of aliphatic carboxylic acids is 1. The third-order valence-electron chi connectivity index (χ3n) is 1.92. The van der Waals surface area contributed by atoms with Crippen LogP contribution in [0, 0.1) is 0 Å². The summed E-state index contributed by atoms with van der Waals surface area (Å²) in [4.78, 5) is 10.4. The van der Waals surface area contributed by atoms with E-state index in [-0.39, 0.29) is 17.7 Å². The van der Waals surface area contributed by atoms with E-state index >= 15 is 0 Å². The average Bonchev–Trinajstić information content (AvgIpc) is 2.09. The predicted molar refractivity (Wildman–Crippen MR) is 50.6 cm³/mol. The second kappa shape index (κ2) is 4.05. The summed E-state index contributed by atoms with van der Waals surface area (Å²) in [6, 6.07) is 1.01. The zero-order valence-corrected chi connectivity index (χ0v) is 7.71. The summed E-state index contributed by atoms with van der Waals surface area (Å²) in [5, 5.41) is 36.0. The third kappa shape index (κ3) is 2.50. The van der Waals surface area contributed by atoms with Crippen LogP contribution in [0.15, 0.2) is 12.1 Å². The fraction of sp³-hybridized carbons (Fsp3) is 0.222. The van der Waals surface area contributed by atoms with Crippen molar-refractivity contribution in [2.75, 3.05) is 0 Å². The zero-order chi connectivity index (χ0) is 11.6. The van der Waals surface area contributed by atoms with Crippen LogP contribution >= 0.6 is 0 Å². The molecule has 0 radical (unpaired) electrons. The van der Waals surface area contributed by atoms with Gasteiger partial charge in [-0.15, -0.1) is 0 Å². The number of hydrogen-bond acceptors (Lipinski definition) is 5. The number of phenols is 3. The molecule has 1 unspecified atom stereocenters. The molecule has 1 aromatic rings. The van der Waals surface area contributed by atoms with Gasteiger partial charge in [0, 0.05) is 17.7 Å². The van der Waals surface area contributed by atoms with E-state index in [1.807, 2.05) is 0 Å². The predicted octanol–water partition coefficient (Wildman–Crippen LogP) is 0.278. The summed E-state index contributed by atoms with van der Waals surface area (Å²) < 4.78 is 0. The van der Waals surface area contributed by atoms with Crippen LogP contribution in [-0.4, -0.2) is 26.4 Å². The molecular formula is C9H11NO5. The van der Waals surface area contributed by atoms with E-state index in [0.29, 0.717) is 0 Å². The highest BCUT2D eigenvalue weighted by atomic mass is 16.4. The molecule has 6 nitrogen and oxygen atoms in total. The van der Waals surface area contributed by atoms with Crippen molar-refractivity contribution < 1.29 is 25.2 Å². The minimum absolute atomic E-state index is 0.0766. The standard InChI is InChI=1S/C9H11NO5/c10-5(2-9(14)15)4-1-7(12)8(13)3-6(4)11/h1,3,5,11-13H,2,10H2,(H,14,15). The number of carboxylic acids is 1. The quantitative estimate of drug-likeness (QED) is 0.363. The first kappa shape index (κ1) is 11.1. The average molecular weight is 213 g/mol. The lowest BCUT2D eigenvalue weighted by atomic mass is 10.0. The maximum atomic E-state index is 10.4. The van der Waals surface area contributed by atoms with Crippen molar-refractivity contribution in [3.8, 4) is 17.2 Å². The molecule has 1 rings (SSSR count). The Labute approximate surface area is 85.2 Å². The van der Waals surface area contributed by atoms with Crippen LogP contribution in [0.2, 0.25) is 0 Å². The Morgan fingerprint density at radius 3 is 2.27 bits per heavy atom. The molecule has 0 aromatic heterocycles. The van der Waals surface area contributed by atoms with E-state index in [1.54, 1.807) is 0 Å². The molecule has 82 valence electrons. The van der Waals surface area contributed by atoms with E-state index in [0.717, 1.165) is 12.1 Å². The summed E-state index contributed by atoms with van der Waals surface area (Å²) in [6.07, 6.45) is -0.377. The molecule has 1 atom stereocenters. The van der Waals surface area contributed by atoms with Gasteiger partial charge in [-0.05, 0) is 6.07 Å². The van der Waals surface area contributed by atoms with Gasteiger partial charge in [-0.3, -0.25) is 4.79 Å². The van der Waals surface area contributed by atoms with Crippen molar-refractivity contribution in [2.45, 2.75) is 12.5 Å². The number of rotatable bonds is 3. The van der Waals surface area contributed by atoms with Gasteiger partial charge in [-0.2, -0.15) is 0 Å². The van der Waals surface area contributed by atoms with Crippen LogP contribution < -0.4 is 5.73 Å². The van der Waals surface area contributed by atoms with Gasteiger partial charge in [0.15, 0.2) is 11.5 Å². The summed E-state index contributed by atoms with van der Waals surface area (Å²) in [5.41, 5.74) is 5.56. The van der Waals surface area contributed by atoms with Crippen LogP contribution in [0.25, 0.3) is 0 Å². The molecular weight excluding hydrogens is 202 g/mol. The van der Waals surface area contributed by atoms with Crippen molar-refractivity contribution in [3.63, 3.8) is 0 Å². The highest BCUT2D eigenvalue weighted by Gasteiger charge is 2.16. The molecule has 0 saturated heterocycles. The van der Waals surface area contributed by atoms with E-state index in [4.69, 9.17) is 21.1 Å². The summed E-state index contributed by atoms with van der Waals surface area (Å²) in [7, 11) is 0. The fourth-order valence-electron chi connectivity index (χ4n) is 1.18. The van der Waals surface area contributed by atoms with Crippen LogP contribution in [0.1, 0.15) is 18.0 Å². The van der Waals surface area contributed by atoms with Crippen molar-refractivity contribution in [3.05, 3.63) is 17.7 Å². The Kier molecular flexibility index (Phi) is 3.01. The smallest absolute Gasteiger partial charge is 0.305 e. The van der Waals surface area contributed by atoms with Crippen LogP contribution in [0.3, 0.4) is 0 Å². The highest BCUT2D eigenvalue weighted by Crippen LogP contribution is 2.35. The lowest BCUT2D eigenvalue weighted by Crippen LogP contribution is -2.15. The highest BCUT2D eigenvalue weighted by molar-refractivity contribution is 5.68. The molecule has 1 aromatic carbocycles. The lowest BCUT2D eigenvalue weighted by Gasteiger charge is -2.12. The molecule has 0 heterocycles. The largest absolute Gasteiger partial charge is 0.507 e. The summed E-state index contributed by atoms with van der Waals surface area (Å²) in [6.45, 7) is 0. The first-order chi connectivity index (χ1) is 6.91. The Morgan fingerprint density at radius 2 is 1.73 bits per heavy atom. The third-order valence-corrected chi connectivity index (χ3v) is 1.92. The molecule has 0 aliphatic rings. The maximum Gasteiger partial charge on any atom is 0.305 e. The van der Waals surface area contributed by atoms with E-state index in [1.165, 1.54) is 0 Å². The molecule has 0 saturated carbocycles. The maximum absolute atomic E-state index is 10.4. The molecule has 6 heteroatoms. The van der Waals surface area contributed by atoms with Crippen molar-refractivity contribution in [1.29, 1.82) is 0 Å². The SMILES string of the molecule is NC(CC(=O)O)c1cc(O)c(O)cc1O. The molecule has 6 N–H and O–H groups in total. The molecule has 0 spiro atoms. The molecule has 0 aliphatic heterocycles. The number of phenolic OH excluding ortho intramolecular Hbond substituents is 3. The number of carboxylic acid groups (broad SMARTS) is 1. The molecule has 15 heavy (non-hydrogen) atoms. The zero-order valence-electron chi connectivity index (χ0n) is 7.71. The molecule has 0 bridgehead atoms. The van der Waals surface area contributed by atoms with Crippen LogP contribution in [0.5, 0.6) is 17.2 Å². The monoisotopic (exact) mass is 213 g/mol. The summed E-state index contributed by atoms with van der Waals surface area (Å²) in [5.74, 6) is -2.41. The van der Waals surface area contributed by atoms with Crippen LogP contribution in [-0.2, 0) is 4.79 Å². The van der Waals surface area contributed by atoms with Gasteiger partial charge in [-0.1, -0.05) is 0 Å². The van der Waals surface area contributed by atoms with Crippen LogP contribution in [0.4, 0.5) is 0 Å².